The van der Waals surface area contributed by atoms with Crippen molar-refractivity contribution in [1.29, 1.82) is 0 Å². The van der Waals surface area contributed by atoms with Crippen molar-refractivity contribution in [2.45, 2.75) is 6.92 Å². The number of H-pyrrole nitrogens is 1. The summed E-state index contributed by atoms with van der Waals surface area (Å²) in [6.45, 7) is 1.92. The van der Waals surface area contributed by atoms with Gasteiger partial charge in [0.15, 0.2) is 17.3 Å². The fraction of sp³-hybridized carbons (Fsp3) is 0.174. The van der Waals surface area contributed by atoms with Crippen molar-refractivity contribution in [3.8, 4) is 17.2 Å². The van der Waals surface area contributed by atoms with Gasteiger partial charge in [0.2, 0.25) is 5.75 Å². The Morgan fingerprint density at radius 1 is 1.03 bits per heavy atom. The van der Waals surface area contributed by atoms with E-state index in [1.54, 1.807) is 18.2 Å². The Kier molecular flexibility index (Phi) is 5.73. The number of ether oxygens (including phenoxy) is 3. The van der Waals surface area contributed by atoms with E-state index in [0.717, 1.165) is 16.0 Å². The van der Waals surface area contributed by atoms with Crippen molar-refractivity contribution in [3.05, 3.63) is 63.9 Å². The number of ketones is 1. The summed E-state index contributed by atoms with van der Waals surface area (Å²) in [5.41, 5.74) is 3.08. The number of thiazole rings is 1. The highest BCUT2D eigenvalue weighted by molar-refractivity contribution is 7.09. The van der Waals surface area contributed by atoms with Gasteiger partial charge in [0.1, 0.15) is 5.82 Å². The summed E-state index contributed by atoms with van der Waals surface area (Å²) in [4.78, 5) is 26.0. The van der Waals surface area contributed by atoms with Gasteiger partial charge in [-0.05, 0) is 37.3 Å². The van der Waals surface area contributed by atoms with Crippen molar-refractivity contribution in [2.75, 3.05) is 21.3 Å². The number of carbonyl (C=O) groups excluding carboxylic acids is 1. The number of aryl methyl sites for hydroxylation is 1. The Hall–Kier alpha value is -3.65. The van der Waals surface area contributed by atoms with E-state index in [-0.39, 0.29) is 5.78 Å². The molecule has 8 heteroatoms. The van der Waals surface area contributed by atoms with Crippen LogP contribution in [0.25, 0.3) is 22.7 Å². The molecule has 2 aromatic carbocycles. The second-order valence-electron chi connectivity index (χ2n) is 6.70. The zero-order valence-corrected chi connectivity index (χ0v) is 18.4. The summed E-state index contributed by atoms with van der Waals surface area (Å²) in [6, 6.07) is 10.9. The molecule has 4 rings (SSSR count). The van der Waals surface area contributed by atoms with Crippen LogP contribution in [0, 0.1) is 6.92 Å². The number of allylic oxidation sites excluding steroid dienone is 1. The molecule has 0 bridgehead atoms. The first kappa shape index (κ1) is 20.6. The summed E-state index contributed by atoms with van der Waals surface area (Å²) < 4.78 is 16.2. The van der Waals surface area contributed by atoms with Gasteiger partial charge in [-0.25, -0.2) is 9.97 Å². The van der Waals surface area contributed by atoms with E-state index < -0.39 is 0 Å². The molecule has 2 aromatic heterocycles. The number of imidazole rings is 1. The van der Waals surface area contributed by atoms with Gasteiger partial charge >= 0.3 is 0 Å². The van der Waals surface area contributed by atoms with Crippen LogP contribution in [0.1, 0.15) is 26.9 Å². The van der Waals surface area contributed by atoms with Crippen molar-refractivity contribution < 1.29 is 19.0 Å². The van der Waals surface area contributed by atoms with Crippen LogP contribution in [0.15, 0.2) is 41.8 Å². The zero-order valence-electron chi connectivity index (χ0n) is 17.6. The summed E-state index contributed by atoms with van der Waals surface area (Å²) >= 11 is 1.52. The SMILES string of the molecule is COc1cc(C(=O)C(=Cc2csc(C)n2)c2nc3ccccc3[nH]2)cc(OC)c1OC. The monoisotopic (exact) mass is 435 g/mol. The van der Waals surface area contributed by atoms with Crippen molar-refractivity contribution in [2.24, 2.45) is 0 Å². The van der Waals surface area contributed by atoms with E-state index in [4.69, 9.17) is 14.2 Å². The first-order valence-corrected chi connectivity index (χ1v) is 10.4. The molecule has 0 saturated carbocycles. The molecule has 0 amide bonds. The number of carbonyl (C=O) groups is 1. The Morgan fingerprint density at radius 2 is 1.74 bits per heavy atom. The van der Waals surface area contributed by atoms with Crippen molar-refractivity contribution >= 4 is 39.8 Å². The standard InChI is InChI=1S/C23H21N3O4S/c1-13-24-15(12-31-13)11-16(23-25-17-7-5-6-8-18(17)26-23)21(27)14-9-19(28-2)22(30-4)20(10-14)29-3/h5-12H,1-4H3,(H,25,26). The maximum atomic E-state index is 13.7. The van der Waals surface area contributed by atoms with E-state index in [1.165, 1.54) is 32.7 Å². The minimum atomic E-state index is -0.246. The second-order valence-corrected chi connectivity index (χ2v) is 7.76. The van der Waals surface area contributed by atoms with E-state index in [9.17, 15) is 4.79 Å². The van der Waals surface area contributed by atoms with Gasteiger partial charge in [-0.3, -0.25) is 4.79 Å². The lowest BCUT2D eigenvalue weighted by molar-refractivity contribution is 0.105. The molecular weight excluding hydrogens is 414 g/mol. The number of hydrogen-bond donors (Lipinski definition) is 1. The third-order valence-corrected chi connectivity index (χ3v) is 5.54. The summed E-state index contributed by atoms with van der Waals surface area (Å²) in [5, 5.41) is 2.82. The van der Waals surface area contributed by atoms with Crippen LogP contribution in [-0.4, -0.2) is 42.1 Å². The smallest absolute Gasteiger partial charge is 0.203 e. The Morgan fingerprint density at radius 3 is 2.32 bits per heavy atom. The third kappa shape index (κ3) is 4.02. The maximum absolute atomic E-state index is 13.7. The number of Topliss-reactive ketones (excluding diaryl/α,β-unsaturated/α-hetero) is 1. The first-order valence-electron chi connectivity index (χ1n) is 9.47. The zero-order chi connectivity index (χ0) is 22.0. The number of methoxy groups -OCH3 is 3. The maximum Gasteiger partial charge on any atom is 0.203 e. The van der Waals surface area contributed by atoms with Crippen LogP contribution in [-0.2, 0) is 0 Å². The molecule has 0 atom stereocenters. The van der Waals surface area contributed by atoms with Gasteiger partial charge in [-0.1, -0.05) is 12.1 Å². The predicted molar refractivity (Wildman–Crippen MR) is 121 cm³/mol. The molecule has 0 aliphatic rings. The van der Waals surface area contributed by atoms with E-state index in [2.05, 4.69) is 15.0 Å². The second kappa shape index (κ2) is 8.61. The first-order chi connectivity index (χ1) is 15.0. The number of aromatic amines is 1. The van der Waals surface area contributed by atoms with E-state index >= 15 is 0 Å². The van der Waals surface area contributed by atoms with E-state index in [1.807, 2.05) is 36.6 Å². The molecule has 0 fully saturated rings. The average molecular weight is 436 g/mol. The van der Waals surface area contributed by atoms with Gasteiger partial charge in [-0.15, -0.1) is 11.3 Å². The molecule has 2 heterocycles. The highest BCUT2D eigenvalue weighted by Crippen LogP contribution is 2.39. The van der Waals surface area contributed by atoms with Crippen LogP contribution in [0.2, 0.25) is 0 Å². The average Bonchev–Trinajstić information content (AvgIpc) is 3.41. The van der Waals surface area contributed by atoms with Crippen molar-refractivity contribution in [3.63, 3.8) is 0 Å². The highest BCUT2D eigenvalue weighted by atomic mass is 32.1. The predicted octanol–water partition coefficient (Wildman–Crippen LogP) is 4.78. The summed E-state index contributed by atoms with van der Waals surface area (Å²) in [5.74, 6) is 1.44. The number of nitrogens with one attached hydrogen (secondary N) is 1. The largest absolute Gasteiger partial charge is 0.493 e. The Labute approximate surface area is 183 Å². The lowest BCUT2D eigenvalue weighted by Crippen LogP contribution is -2.06. The molecular formula is C23H21N3O4S. The van der Waals surface area contributed by atoms with E-state index in [0.29, 0.717) is 39.9 Å². The molecule has 0 unspecified atom stereocenters. The van der Waals surface area contributed by atoms with Crippen LogP contribution >= 0.6 is 11.3 Å². The fourth-order valence-electron chi connectivity index (χ4n) is 3.28. The molecule has 0 aliphatic carbocycles. The Balaban J connectivity index is 1.87. The number of para-hydroxylation sites is 2. The molecule has 7 nitrogen and oxygen atoms in total. The number of fused-ring (bicyclic) bond motifs is 1. The molecule has 1 N–H and O–H groups in total. The Bertz CT molecular complexity index is 1230. The third-order valence-electron chi connectivity index (χ3n) is 4.75. The highest BCUT2D eigenvalue weighted by Gasteiger charge is 2.23. The number of aromatic nitrogens is 3. The van der Waals surface area contributed by atoms with Gasteiger partial charge < -0.3 is 19.2 Å². The number of rotatable bonds is 7. The number of hydrogen-bond acceptors (Lipinski definition) is 7. The number of nitrogens with zero attached hydrogens (tertiary/aromatic N) is 2. The molecule has 158 valence electrons. The molecule has 0 radical (unpaired) electrons. The lowest BCUT2D eigenvalue weighted by Gasteiger charge is -2.14. The van der Waals surface area contributed by atoms with Gasteiger partial charge in [0.25, 0.3) is 0 Å². The minimum Gasteiger partial charge on any atom is -0.493 e. The van der Waals surface area contributed by atoms with Gasteiger partial charge in [0.05, 0.1) is 48.6 Å². The van der Waals surface area contributed by atoms with Crippen LogP contribution < -0.4 is 14.2 Å². The quantitative estimate of drug-likeness (QED) is 0.332. The molecule has 31 heavy (non-hydrogen) atoms. The molecule has 0 saturated heterocycles. The molecule has 0 aliphatic heterocycles. The molecule has 4 aromatic rings. The topological polar surface area (TPSA) is 86.3 Å². The van der Waals surface area contributed by atoms with Gasteiger partial charge in [0, 0.05) is 10.9 Å². The minimum absolute atomic E-state index is 0.246. The van der Waals surface area contributed by atoms with Crippen molar-refractivity contribution in [1.82, 2.24) is 15.0 Å². The summed E-state index contributed by atoms with van der Waals surface area (Å²) in [6.07, 6.45) is 1.74. The normalized spacial score (nSPS) is 11.5. The number of benzene rings is 2. The lowest BCUT2D eigenvalue weighted by atomic mass is 10.0. The van der Waals surface area contributed by atoms with Crippen LogP contribution in [0.5, 0.6) is 17.2 Å². The van der Waals surface area contributed by atoms with Gasteiger partial charge in [-0.2, -0.15) is 0 Å². The van der Waals surface area contributed by atoms with Crippen LogP contribution in [0.4, 0.5) is 0 Å². The molecule has 0 spiro atoms. The van der Waals surface area contributed by atoms with Crippen LogP contribution in [0.3, 0.4) is 0 Å². The summed E-state index contributed by atoms with van der Waals surface area (Å²) in [7, 11) is 4.55. The fourth-order valence-corrected chi connectivity index (χ4v) is 3.85.